The minimum atomic E-state index is -3.55. The Balaban J connectivity index is 1.54. The minimum Gasteiger partial charge on any atom is -0.326 e. The van der Waals surface area contributed by atoms with E-state index in [4.69, 9.17) is 0 Å². The van der Waals surface area contributed by atoms with E-state index in [-0.39, 0.29) is 5.91 Å². The largest absolute Gasteiger partial charge is 0.326 e. The Hall–Kier alpha value is -2.51. The number of benzene rings is 2. The summed E-state index contributed by atoms with van der Waals surface area (Å²) in [5, 5.41) is 2.98. The number of hydrogen-bond donors (Lipinski definition) is 1. The highest BCUT2D eigenvalue weighted by Gasteiger charge is 2.44. The monoisotopic (exact) mass is 397 g/mol. The zero-order valence-corrected chi connectivity index (χ0v) is 16.8. The maximum atomic E-state index is 13.0. The minimum absolute atomic E-state index is 0.198. The van der Waals surface area contributed by atoms with Crippen molar-refractivity contribution in [1.29, 1.82) is 0 Å². The topological polar surface area (TPSA) is 78.8 Å². The maximum absolute atomic E-state index is 13.0. The van der Waals surface area contributed by atoms with Gasteiger partial charge < -0.3 is 5.32 Å². The Labute approximate surface area is 165 Å². The van der Waals surface area contributed by atoms with E-state index in [1.54, 1.807) is 12.1 Å². The molecule has 0 saturated carbocycles. The summed E-state index contributed by atoms with van der Waals surface area (Å²) in [6.07, 6.45) is 0.915. The van der Waals surface area contributed by atoms with E-state index in [1.165, 1.54) is 4.31 Å². The third kappa shape index (κ3) is 3.25. The average molecular weight is 398 g/mol. The number of nitrogens with one attached hydrogen (secondary N) is 1. The number of nitrogens with zero attached hydrogens (tertiary/aromatic N) is 2. The lowest BCUT2D eigenvalue weighted by Gasteiger charge is -2.36. The average Bonchev–Trinajstić information content (AvgIpc) is 3.00. The van der Waals surface area contributed by atoms with Gasteiger partial charge in [0.05, 0.1) is 4.90 Å². The van der Waals surface area contributed by atoms with Crippen LogP contribution in [0.4, 0.5) is 0 Å². The first-order valence-electron chi connectivity index (χ1n) is 9.36. The second-order valence-corrected chi connectivity index (χ2v) is 9.40. The number of aliphatic imine (C=N–C) groups is 1. The van der Waals surface area contributed by atoms with Crippen LogP contribution in [0.1, 0.15) is 29.5 Å². The molecule has 7 heteroatoms. The Morgan fingerprint density at radius 2 is 1.68 bits per heavy atom. The highest BCUT2D eigenvalue weighted by atomic mass is 32.2. The van der Waals surface area contributed by atoms with Gasteiger partial charge in [0.25, 0.3) is 5.91 Å². The van der Waals surface area contributed by atoms with Gasteiger partial charge in [0.2, 0.25) is 10.0 Å². The Morgan fingerprint density at radius 1 is 1.00 bits per heavy atom. The first-order chi connectivity index (χ1) is 13.3. The third-order valence-corrected chi connectivity index (χ3v) is 7.49. The highest BCUT2D eigenvalue weighted by Crippen LogP contribution is 2.31. The lowest BCUT2D eigenvalue weighted by molar-refractivity contribution is -0.115. The fourth-order valence-electron chi connectivity index (χ4n) is 3.71. The molecule has 28 heavy (non-hydrogen) atoms. The van der Waals surface area contributed by atoms with Crippen molar-refractivity contribution in [3.05, 3.63) is 65.2 Å². The molecule has 6 nitrogen and oxygen atoms in total. The molecule has 0 aromatic heterocycles. The van der Waals surface area contributed by atoms with Gasteiger partial charge in [-0.15, -0.1) is 0 Å². The van der Waals surface area contributed by atoms with Crippen LogP contribution in [0.2, 0.25) is 0 Å². The zero-order chi connectivity index (χ0) is 19.9. The molecule has 0 atom stereocenters. The van der Waals surface area contributed by atoms with Crippen molar-refractivity contribution in [2.45, 2.75) is 37.2 Å². The van der Waals surface area contributed by atoms with Crippen LogP contribution in [-0.2, 0) is 14.8 Å². The van der Waals surface area contributed by atoms with Crippen LogP contribution in [0.3, 0.4) is 0 Å². The van der Waals surface area contributed by atoms with Crippen molar-refractivity contribution in [2.24, 2.45) is 4.99 Å². The molecule has 4 rings (SSSR count). The van der Waals surface area contributed by atoms with Gasteiger partial charge in [-0.2, -0.15) is 4.31 Å². The number of amides is 1. The molecule has 1 N–H and O–H groups in total. The van der Waals surface area contributed by atoms with Crippen molar-refractivity contribution < 1.29 is 13.2 Å². The van der Waals surface area contributed by atoms with E-state index in [2.05, 4.69) is 10.3 Å². The van der Waals surface area contributed by atoms with Gasteiger partial charge in [-0.25, -0.2) is 8.42 Å². The molecule has 2 heterocycles. The van der Waals surface area contributed by atoms with Crippen molar-refractivity contribution in [2.75, 3.05) is 13.1 Å². The number of piperidine rings is 1. The molecule has 2 aromatic carbocycles. The second kappa shape index (κ2) is 6.83. The predicted octanol–water partition coefficient (Wildman–Crippen LogP) is 2.40. The van der Waals surface area contributed by atoms with Crippen molar-refractivity contribution >= 4 is 21.6 Å². The van der Waals surface area contributed by atoms with Crippen LogP contribution in [0, 0.1) is 13.8 Å². The first kappa shape index (κ1) is 18.8. The van der Waals surface area contributed by atoms with Crippen LogP contribution in [0.25, 0.3) is 0 Å². The molecule has 2 aliphatic rings. The molecule has 0 bridgehead atoms. The standard InChI is InChI=1S/C21H23N3O3S/c1-15-8-9-18(14-16(15)2)28(26,27)24-12-10-21(11-13-24)22-19(20(25)23-21)17-6-4-3-5-7-17/h3-9,14H,10-13H2,1-2H3,(H,23,25). The lowest BCUT2D eigenvalue weighted by atomic mass is 10.00. The fraction of sp³-hybridized carbons (Fsp3) is 0.333. The van der Waals surface area contributed by atoms with E-state index in [0.717, 1.165) is 16.7 Å². The molecule has 1 saturated heterocycles. The van der Waals surface area contributed by atoms with Crippen molar-refractivity contribution in [1.82, 2.24) is 9.62 Å². The molecular formula is C21H23N3O3S. The van der Waals surface area contributed by atoms with Gasteiger partial charge in [0.1, 0.15) is 11.4 Å². The number of carbonyl (C=O) groups is 1. The van der Waals surface area contributed by atoms with Gasteiger partial charge in [-0.05, 0) is 37.1 Å². The molecule has 1 fully saturated rings. The number of rotatable bonds is 3. The van der Waals surface area contributed by atoms with Crippen LogP contribution in [0.5, 0.6) is 0 Å². The highest BCUT2D eigenvalue weighted by molar-refractivity contribution is 7.89. The molecular weight excluding hydrogens is 374 g/mol. The van der Waals surface area contributed by atoms with Crippen LogP contribution < -0.4 is 5.32 Å². The summed E-state index contributed by atoms with van der Waals surface area (Å²) in [4.78, 5) is 17.4. The molecule has 1 amide bonds. The third-order valence-electron chi connectivity index (χ3n) is 5.60. The fourth-order valence-corrected chi connectivity index (χ4v) is 5.24. The summed E-state index contributed by atoms with van der Waals surface area (Å²) >= 11 is 0. The van der Waals surface area contributed by atoms with Gasteiger partial charge >= 0.3 is 0 Å². The molecule has 2 aromatic rings. The molecule has 0 aliphatic carbocycles. The predicted molar refractivity (Wildman–Crippen MR) is 108 cm³/mol. The SMILES string of the molecule is Cc1ccc(S(=O)(=O)N2CCC3(CC2)N=C(c2ccccc2)C(=O)N3)cc1C. The number of hydrogen-bond acceptors (Lipinski definition) is 4. The van der Waals surface area contributed by atoms with E-state index in [0.29, 0.717) is 36.5 Å². The van der Waals surface area contributed by atoms with Crippen LogP contribution in [-0.4, -0.2) is 43.1 Å². The maximum Gasteiger partial charge on any atom is 0.272 e. The van der Waals surface area contributed by atoms with Crippen molar-refractivity contribution in [3.63, 3.8) is 0 Å². The summed E-state index contributed by atoms with van der Waals surface area (Å²) in [6.45, 7) is 4.51. The number of sulfonamides is 1. The second-order valence-electron chi connectivity index (χ2n) is 7.46. The summed E-state index contributed by atoms with van der Waals surface area (Å²) in [6, 6.07) is 14.6. The Morgan fingerprint density at radius 3 is 2.32 bits per heavy atom. The molecule has 146 valence electrons. The first-order valence-corrected chi connectivity index (χ1v) is 10.8. The zero-order valence-electron chi connectivity index (χ0n) is 16.0. The van der Waals surface area contributed by atoms with Gasteiger partial charge in [0, 0.05) is 31.5 Å². The summed E-state index contributed by atoms with van der Waals surface area (Å²) in [5.41, 5.74) is 2.51. The van der Waals surface area contributed by atoms with Gasteiger partial charge in [-0.3, -0.25) is 9.79 Å². The number of carbonyl (C=O) groups excluding carboxylic acids is 1. The Kier molecular flexibility index (Phi) is 4.59. The van der Waals surface area contributed by atoms with E-state index in [9.17, 15) is 13.2 Å². The molecule has 2 aliphatic heterocycles. The Bertz CT molecular complexity index is 1050. The quantitative estimate of drug-likeness (QED) is 0.864. The molecule has 1 spiro atoms. The van der Waals surface area contributed by atoms with Crippen LogP contribution in [0.15, 0.2) is 58.4 Å². The number of aryl methyl sites for hydroxylation is 2. The normalized spacial score (nSPS) is 19.5. The summed E-state index contributed by atoms with van der Waals surface area (Å²) < 4.78 is 27.5. The van der Waals surface area contributed by atoms with Gasteiger partial charge in [0.15, 0.2) is 0 Å². The summed E-state index contributed by atoms with van der Waals surface area (Å²) in [5.74, 6) is -0.198. The smallest absolute Gasteiger partial charge is 0.272 e. The molecule has 0 radical (unpaired) electrons. The molecule has 0 unspecified atom stereocenters. The van der Waals surface area contributed by atoms with Crippen LogP contribution >= 0.6 is 0 Å². The van der Waals surface area contributed by atoms with E-state index >= 15 is 0 Å². The van der Waals surface area contributed by atoms with E-state index in [1.807, 2.05) is 50.2 Å². The summed E-state index contributed by atoms with van der Waals surface area (Å²) in [7, 11) is -3.55. The van der Waals surface area contributed by atoms with E-state index < -0.39 is 15.7 Å². The van der Waals surface area contributed by atoms with Gasteiger partial charge in [-0.1, -0.05) is 36.4 Å². The van der Waals surface area contributed by atoms with Crippen molar-refractivity contribution in [3.8, 4) is 0 Å². The lowest BCUT2D eigenvalue weighted by Crippen LogP contribution is -2.52.